The van der Waals surface area contributed by atoms with Gasteiger partial charge in [0.2, 0.25) is 0 Å². The van der Waals surface area contributed by atoms with Gasteiger partial charge in [0.25, 0.3) is 0 Å². The van der Waals surface area contributed by atoms with Gasteiger partial charge < -0.3 is 15.1 Å². The van der Waals surface area contributed by atoms with Crippen molar-refractivity contribution in [2.24, 2.45) is 5.92 Å². The van der Waals surface area contributed by atoms with Crippen LogP contribution in [0, 0.1) is 17.2 Å². The fourth-order valence-corrected chi connectivity index (χ4v) is 2.99. The largest absolute Gasteiger partial charge is 0.302 e. The molecule has 1 aliphatic rings. The van der Waals surface area contributed by atoms with Crippen LogP contribution in [0.4, 0.5) is 0 Å². The number of nitriles is 1. The summed E-state index contributed by atoms with van der Waals surface area (Å²) in [5, 5.41) is 12.5. The Balaban J connectivity index is 2.23. The summed E-state index contributed by atoms with van der Waals surface area (Å²) in [5.41, 5.74) is -0.320. The summed E-state index contributed by atoms with van der Waals surface area (Å²) >= 11 is 0. The fraction of sp³-hybridized carbons (Fsp3) is 0.938. The van der Waals surface area contributed by atoms with E-state index in [4.69, 9.17) is 0 Å². The van der Waals surface area contributed by atoms with E-state index in [1.54, 1.807) is 0 Å². The topological polar surface area (TPSA) is 42.3 Å². The molecular formula is C16H32N4. The second-order valence-electron chi connectivity index (χ2n) is 6.44. The average Bonchev–Trinajstić information content (AvgIpc) is 2.45. The summed E-state index contributed by atoms with van der Waals surface area (Å²) < 4.78 is 0. The molecule has 4 heteroatoms. The Morgan fingerprint density at radius 3 is 2.25 bits per heavy atom. The number of hydrogen-bond acceptors (Lipinski definition) is 4. The highest BCUT2D eigenvalue weighted by molar-refractivity contribution is 5.05. The van der Waals surface area contributed by atoms with Gasteiger partial charge in [-0.2, -0.15) is 5.26 Å². The molecule has 1 aliphatic heterocycles. The van der Waals surface area contributed by atoms with E-state index in [0.717, 1.165) is 31.7 Å². The molecule has 1 atom stereocenters. The first-order valence-corrected chi connectivity index (χ1v) is 8.10. The highest BCUT2D eigenvalue weighted by Crippen LogP contribution is 2.16. The lowest BCUT2D eigenvalue weighted by molar-refractivity contribution is 0.119. The standard InChI is InChI=1S/C16H32N4/c1-5-16(14-17,18-4)7-6-8-19-9-11-20(12-10-19)13-15(2)3/h15,18H,5-13H2,1-4H3. The van der Waals surface area contributed by atoms with Crippen molar-refractivity contribution in [1.82, 2.24) is 15.1 Å². The summed E-state index contributed by atoms with van der Waals surface area (Å²) in [7, 11) is 1.90. The molecule has 1 fully saturated rings. The minimum Gasteiger partial charge on any atom is -0.302 e. The van der Waals surface area contributed by atoms with Crippen molar-refractivity contribution in [3.8, 4) is 6.07 Å². The zero-order chi connectivity index (χ0) is 15.0. The van der Waals surface area contributed by atoms with Crippen molar-refractivity contribution in [2.45, 2.75) is 45.6 Å². The number of nitrogens with one attached hydrogen (secondary N) is 1. The van der Waals surface area contributed by atoms with E-state index in [-0.39, 0.29) is 5.54 Å². The minimum atomic E-state index is -0.320. The molecule has 20 heavy (non-hydrogen) atoms. The van der Waals surface area contributed by atoms with E-state index >= 15 is 0 Å². The van der Waals surface area contributed by atoms with E-state index in [1.165, 1.54) is 32.7 Å². The van der Waals surface area contributed by atoms with Crippen LogP contribution >= 0.6 is 0 Å². The number of rotatable bonds is 8. The normalized spacial score (nSPS) is 20.8. The third-order valence-electron chi connectivity index (χ3n) is 4.46. The molecule has 1 unspecified atom stereocenters. The predicted octanol–water partition coefficient (Wildman–Crippen LogP) is 1.93. The van der Waals surface area contributed by atoms with Crippen LogP contribution in [-0.2, 0) is 0 Å². The first-order valence-electron chi connectivity index (χ1n) is 8.10. The van der Waals surface area contributed by atoms with Crippen molar-refractivity contribution in [1.29, 1.82) is 5.26 Å². The first kappa shape index (κ1) is 17.4. The lowest BCUT2D eigenvalue weighted by Crippen LogP contribution is -2.48. The maximum absolute atomic E-state index is 9.30. The highest BCUT2D eigenvalue weighted by Gasteiger charge is 2.25. The van der Waals surface area contributed by atoms with Crippen LogP contribution in [-0.4, -0.2) is 61.7 Å². The Labute approximate surface area is 125 Å². The molecule has 0 aromatic rings. The van der Waals surface area contributed by atoms with Crippen LogP contribution in [0.3, 0.4) is 0 Å². The van der Waals surface area contributed by atoms with Crippen LogP contribution in [0.25, 0.3) is 0 Å². The molecule has 1 N–H and O–H groups in total. The maximum Gasteiger partial charge on any atom is 0.106 e. The third kappa shape index (κ3) is 5.40. The highest BCUT2D eigenvalue weighted by atomic mass is 15.3. The van der Waals surface area contributed by atoms with Crippen LogP contribution in [0.1, 0.15) is 40.0 Å². The maximum atomic E-state index is 9.30. The number of nitrogens with zero attached hydrogens (tertiary/aromatic N) is 3. The molecule has 0 radical (unpaired) electrons. The van der Waals surface area contributed by atoms with Gasteiger partial charge in [0.15, 0.2) is 0 Å². The molecule has 1 rings (SSSR count). The van der Waals surface area contributed by atoms with Crippen LogP contribution in [0.15, 0.2) is 0 Å². The van der Waals surface area contributed by atoms with Crippen molar-refractivity contribution in [3.63, 3.8) is 0 Å². The average molecular weight is 280 g/mol. The summed E-state index contributed by atoms with van der Waals surface area (Å²) in [4.78, 5) is 5.12. The van der Waals surface area contributed by atoms with Gasteiger partial charge in [0.05, 0.1) is 6.07 Å². The summed E-state index contributed by atoms with van der Waals surface area (Å²) in [6.07, 6.45) is 2.93. The van der Waals surface area contributed by atoms with Crippen molar-refractivity contribution in [2.75, 3.05) is 46.3 Å². The molecule has 0 saturated carbocycles. The van der Waals surface area contributed by atoms with E-state index < -0.39 is 0 Å². The van der Waals surface area contributed by atoms with Gasteiger partial charge >= 0.3 is 0 Å². The van der Waals surface area contributed by atoms with Crippen LogP contribution in [0.5, 0.6) is 0 Å². The molecule has 116 valence electrons. The van der Waals surface area contributed by atoms with Gasteiger partial charge in [0.1, 0.15) is 5.54 Å². The number of piperazine rings is 1. The Kier molecular flexibility index (Phi) is 7.50. The minimum absolute atomic E-state index is 0.320. The third-order valence-corrected chi connectivity index (χ3v) is 4.46. The van der Waals surface area contributed by atoms with Crippen molar-refractivity contribution >= 4 is 0 Å². The first-order chi connectivity index (χ1) is 9.55. The van der Waals surface area contributed by atoms with E-state index in [0.29, 0.717) is 0 Å². The van der Waals surface area contributed by atoms with Gasteiger partial charge in [-0.25, -0.2) is 0 Å². The van der Waals surface area contributed by atoms with E-state index in [2.05, 4.69) is 42.0 Å². The summed E-state index contributed by atoms with van der Waals surface area (Å²) in [6.45, 7) is 13.8. The van der Waals surface area contributed by atoms with Crippen LogP contribution < -0.4 is 5.32 Å². The zero-order valence-corrected chi connectivity index (χ0v) is 13.8. The molecular weight excluding hydrogens is 248 g/mol. The van der Waals surface area contributed by atoms with E-state index in [1.807, 2.05) is 7.05 Å². The second-order valence-corrected chi connectivity index (χ2v) is 6.44. The molecule has 4 nitrogen and oxygen atoms in total. The van der Waals surface area contributed by atoms with Gasteiger partial charge in [0, 0.05) is 32.7 Å². The smallest absolute Gasteiger partial charge is 0.106 e. The van der Waals surface area contributed by atoms with Gasteiger partial charge in [-0.05, 0) is 38.8 Å². The summed E-state index contributed by atoms with van der Waals surface area (Å²) in [5.74, 6) is 0.762. The van der Waals surface area contributed by atoms with Gasteiger partial charge in [-0.15, -0.1) is 0 Å². The fourth-order valence-electron chi connectivity index (χ4n) is 2.99. The summed E-state index contributed by atoms with van der Waals surface area (Å²) in [6, 6.07) is 2.44. The molecule has 0 bridgehead atoms. The Morgan fingerprint density at radius 2 is 1.80 bits per heavy atom. The lowest BCUT2D eigenvalue weighted by atomic mass is 9.92. The molecule has 0 spiro atoms. The molecule has 0 amide bonds. The quantitative estimate of drug-likeness (QED) is 0.738. The molecule has 0 aliphatic carbocycles. The van der Waals surface area contributed by atoms with Crippen LogP contribution in [0.2, 0.25) is 0 Å². The molecule has 1 saturated heterocycles. The number of hydrogen-bond donors (Lipinski definition) is 1. The lowest BCUT2D eigenvalue weighted by Gasteiger charge is -2.36. The molecule has 0 aromatic heterocycles. The molecule has 0 aromatic carbocycles. The predicted molar refractivity (Wildman–Crippen MR) is 84.6 cm³/mol. The Hall–Kier alpha value is -0.630. The molecule has 1 heterocycles. The van der Waals surface area contributed by atoms with Crippen molar-refractivity contribution < 1.29 is 0 Å². The van der Waals surface area contributed by atoms with Crippen molar-refractivity contribution in [3.05, 3.63) is 0 Å². The second kappa shape index (κ2) is 8.61. The van der Waals surface area contributed by atoms with E-state index in [9.17, 15) is 5.26 Å². The Bertz CT molecular complexity index is 296. The zero-order valence-electron chi connectivity index (χ0n) is 13.8. The SMILES string of the molecule is CCC(C#N)(CCCN1CCN(CC(C)C)CC1)NC. The monoisotopic (exact) mass is 280 g/mol. The van der Waals surface area contributed by atoms with Gasteiger partial charge in [-0.3, -0.25) is 0 Å². The van der Waals surface area contributed by atoms with Gasteiger partial charge in [-0.1, -0.05) is 20.8 Å². The Morgan fingerprint density at radius 1 is 1.20 bits per heavy atom.